The zero-order chi connectivity index (χ0) is 21.7. The average Bonchev–Trinajstić information content (AvgIpc) is 3.32. The second-order valence-electron chi connectivity index (χ2n) is 8.60. The maximum Gasteiger partial charge on any atom is 0.255 e. The van der Waals surface area contributed by atoms with Crippen molar-refractivity contribution in [3.8, 4) is 11.3 Å². The molecule has 8 nitrogen and oxygen atoms in total. The third-order valence-corrected chi connectivity index (χ3v) is 6.11. The van der Waals surface area contributed by atoms with Gasteiger partial charge in [-0.05, 0) is 40.0 Å². The molecule has 5 rings (SSSR count). The van der Waals surface area contributed by atoms with Gasteiger partial charge in [0.2, 0.25) is 0 Å². The number of hydrogen-bond donors (Lipinski definition) is 1. The first-order chi connectivity index (χ1) is 14.9. The highest BCUT2D eigenvalue weighted by molar-refractivity contribution is 6.01. The quantitative estimate of drug-likeness (QED) is 0.553. The first-order valence-electron chi connectivity index (χ1n) is 10.7. The number of nitrogens with one attached hydrogen (secondary N) is 1. The fourth-order valence-corrected chi connectivity index (χ4v) is 4.44. The first kappa shape index (κ1) is 19.7. The second-order valence-corrected chi connectivity index (χ2v) is 8.60. The summed E-state index contributed by atoms with van der Waals surface area (Å²) in [5.41, 5.74) is 5.09. The topological polar surface area (TPSA) is 82.9 Å². The Balaban J connectivity index is 1.56. The molecule has 1 saturated heterocycles. The SMILES string of the molecule is Cc1nc2cnc(-c3c[nH]c4ncc(C(=O)N5CCN(C)CC5)cc34)cc2n1C(C)C. The molecular weight excluding hydrogens is 390 g/mol. The molecule has 8 heteroatoms. The number of rotatable bonds is 3. The summed E-state index contributed by atoms with van der Waals surface area (Å²) in [5, 5.41) is 0.902. The number of amides is 1. The fraction of sp³-hybridized carbons (Fsp3) is 0.391. The summed E-state index contributed by atoms with van der Waals surface area (Å²) in [6, 6.07) is 4.32. The van der Waals surface area contributed by atoms with Gasteiger partial charge < -0.3 is 19.4 Å². The molecule has 0 aromatic carbocycles. The highest BCUT2D eigenvalue weighted by atomic mass is 16.2. The van der Waals surface area contributed by atoms with Crippen molar-refractivity contribution in [2.24, 2.45) is 0 Å². The van der Waals surface area contributed by atoms with Crippen LogP contribution < -0.4 is 0 Å². The van der Waals surface area contributed by atoms with Crippen molar-refractivity contribution in [2.75, 3.05) is 33.2 Å². The molecule has 4 aromatic rings. The van der Waals surface area contributed by atoms with Crippen molar-refractivity contribution in [1.82, 2.24) is 34.3 Å². The van der Waals surface area contributed by atoms with Gasteiger partial charge in [-0.3, -0.25) is 9.78 Å². The zero-order valence-electron chi connectivity index (χ0n) is 18.4. The summed E-state index contributed by atoms with van der Waals surface area (Å²) >= 11 is 0. The lowest BCUT2D eigenvalue weighted by Gasteiger charge is -2.32. The van der Waals surface area contributed by atoms with Crippen molar-refractivity contribution >= 4 is 28.0 Å². The molecule has 0 bridgehead atoms. The summed E-state index contributed by atoms with van der Waals surface area (Å²) in [6.45, 7) is 9.59. The maximum atomic E-state index is 13.0. The van der Waals surface area contributed by atoms with E-state index in [4.69, 9.17) is 0 Å². The molecule has 4 aromatic heterocycles. The number of fused-ring (bicyclic) bond motifs is 2. The van der Waals surface area contributed by atoms with Crippen LogP contribution in [0, 0.1) is 6.92 Å². The largest absolute Gasteiger partial charge is 0.345 e. The van der Waals surface area contributed by atoms with Gasteiger partial charge in [0.15, 0.2) is 0 Å². The van der Waals surface area contributed by atoms with Crippen molar-refractivity contribution in [1.29, 1.82) is 0 Å². The summed E-state index contributed by atoms with van der Waals surface area (Å²) in [7, 11) is 2.08. The number of aryl methyl sites for hydroxylation is 1. The van der Waals surface area contributed by atoms with Crippen LogP contribution in [0.15, 0.2) is 30.7 Å². The Morgan fingerprint density at radius 3 is 2.61 bits per heavy atom. The third-order valence-electron chi connectivity index (χ3n) is 6.11. The van der Waals surface area contributed by atoms with E-state index in [1.165, 1.54) is 0 Å². The number of piperazine rings is 1. The molecule has 31 heavy (non-hydrogen) atoms. The number of imidazole rings is 1. The lowest BCUT2D eigenvalue weighted by Crippen LogP contribution is -2.47. The van der Waals surface area contributed by atoms with Gasteiger partial charge in [0.25, 0.3) is 5.91 Å². The van der Waals surface area contributed by atoms with E-state index >= 15 is 0 Å². The molecule has 0 saturated carbocycles. The van der Waals surface area contributed by atoms with E-state index in [1.54, 1.807) is 6.20 Å². The van der Waals surface area contributed by atoms with Crippen LogP contribution in [0.3, 0.4) is 0 Å². The number of hydrogen-bond acceptors (Lipinski definition) is 5. The molecule has 1 amide bonds. The Hall–Kier alpha value is -3.26. The van der Waals surface area contributed by atoms with Crippen molar-refractivity contribution in [3.05, 3.63) is 42.1 Å². The minimum atomic E-state index is 0.0339. The van der Waals surface area contributed by atoms with Gasteiger partial charge in [-0.15, -0.1) is 0 Å². The van der Waals surface area contributed by atoms with Crippen LogP contribution in [0.5, 0.6) is 0 Å². The van der Waals surface area contributed by atoms with Gasteiger partial charge in [-0.25, -0.2) is 9.97 Å². The van der Waals surface area contributed by atoms with E-state index in [9.17, 15) is 4.79 Å². The lowest BCUT2D eigenvalue weighted by molar-refractivity contribution is 0.0664. The van der Waals surface area contributed by atoms with E-state index in [0.717, 1.165) is 65.3 Å². The van der Waals surface area contributed by atoms with Gasteiger partial charge in [0.05, 0.1) is 23.0 Å². The van der Waals surface area contributed by atoms with E-state index in [0.29, 0.717) is 11.6 Å². The molecule has 0 unspecified atom stereocenters. The molecule has 160 valence electrons. The zero-order valence-corrected chi connectivity index (χ0v) is 18.4. The highest BCUT2D eigenvalue weighted by Crippen LogP contribution is 2.30. The summed E-state index contributed by atoms with van der Waals surface area (Å²) in [5.74, 6) is 1.01. The molecule has 1 fully saturated rings. The van der Waals surface area contributed by atoms with Crippen molar-refractivity contribution < 1.29 is 4.79 Å². The minimum Gasteiger partial charge on any atom is -0.345 e. The molecule has 0 atom stereocenters. The van der Waals surface area contributed by atoms with Crippen LogP contribution in [-0.4, -0.2) is 73.4 Å². The summed E-state index contributed by atoms with van der Waals surface area (Å²) in [6.07, 6.45) is 5.40. The summed E-state index contributed by atoms with van der Waals surface area (Å²) < 4.78 is 2.22. The van der Waals surface area contributed by atoms with Crippen LogP contribution in [0.1, 0.15) is 36.1 Å². The Kier molecular flexibility index (Phi) is 4.74. The van der Waals surface area contributed by atoms with Crippen LogP contribution in [0.4, 0.5) is 0 Å². The molecule has 0 spiro atoms. The highest BCUT2D eigenvalue weighted by Gasteiger charge is 2.22. The Morgan fingerprint density at radius 1 is 1.10 bits per heavy atom. The van der Waals surface area contributed by atoms with Crippen molar-refractivity contribution in [2.45, 2.75) is 26.8 Å². The van der Waals surface area contributed by atoms with E-state index in [2.05, 4.69) is 56.4 Å². The number of aromatic nitrogens is 5. The van der Waals surface area contributed by atoms with E-state index < -0.39 is 0 Å². The van der Waals surface area contributed by atoms with Gasteiger partial charge in [0.1, 0.15) is 17.0 Å². The molecular formula is C23H27N7O. The number of pyridine rings is 2. The molecule has 0 radical (unpaired) electrons. The fourth-order valence-electron chi connectivity index (χ4n) is 4.44. The van der Waals surface area contributed by atoms with E-state index in [-0.39, 0.29) is 5.91 Å². The van der Waals surface area contributed by atoms with Gasteiger partial charge in [-0.1, -0.05) is 0 Å². The Morgan fingerprint density at radius 2 is 1.87 bits per heavy atom. The number of carbonyl (C=O) groups excluding carboxylic acids is 1. The number of likely N-dealkylation sites (N-methyl/N-ethyl adjacent to an activating group) is 1. The third kappa shape index (κ3) is 3.37. The first-order valence-corrected chi connectivity index (χ1v) is 10.7. The molecule has 5 heterocycles. The van der Waals surface area contributed by atoms with Crippen molar-refractivity contribution in [3.63, 3.8) is 0 Å². The standard InChI is InChI=1S/C23H27N7O/c1-14(2)30-15(3)27-20-13-24-19(10-21(20)30)18-12-26-22-17(18)9-16(11-25-22)23(31)29-7-5-28(4)6-8-29/h9-14H,5-8H2,1-4H3,(H,25,26). The normalized spacial score (nSPS) is 15.5. The Labute approximate surface area is 180 Å². The number of nitrogens with zero attached hydrogens (tertiary/aromatic N) is 6. The molecule has 1 aliphatic heterocycles. The second kappa shape index (κ2) is 7.46. The molecule has 1 aliphatic rings. The van der Waals surface area contributed by atoms with Gasteiger partial charge in [0, 0.05) is 55.6 Å². The maximum absolute atomic E-state index is 13.0. The Bertz CT molecular complexity index is 1280. The van der Waals surface area contributed by atoms with Crippen LogP contribution in [0.2, 0.25) is 0 Å². The molecule has 1 N–H and O–H groups in total. The number of aromatic amines is 1. The van der Waals surface area contributed by atoms with Crippen LogP contribution >= 0.6 is 0 Å². The number of carbonyl (C=O) groups is 1. The minimum absolute atomic E-state index is 0.0339. The monoisotopic (exact) mass is 417 g/mol. The molecule has 0 aliphatic carbocycles. The van der Waals surface area contributed by atoms with E-state index in [1.807, 2.05) is 30.3 Å². The lowest BCUT2D eigenvalue weighted by atomic mass is 10.1. The van der Waals surface area contributed by atoms with Crippen LogP contribution in [-0.2, 0) is 0 Å². The average molecular weight is 418 g/mol. The van der Waals surface area contributed by atoms with Crippen LogP contribution in [0.25, 0.3) is 33.3 Å². The summed E-state index contributed by atoms with van der Waals surface area (Å²) in [4.78, 5) is 34.2. The predicted octanol–water partition coefficient (Wildman–Crippen LogP) is 3.25. The van der Waals surface area contributed by atoms with Gasteiger partial charge >= 0.3 is 0 Å². The number of H-pyrrole nitrogens is 1. The van der Waals surface area contributed by atoms with Gasteiger partial charge in [-0.2, -0.15) is 0 Å². The predicted molar refractivity (Wildman–Crippen MR) is 121 cm³/mol. The smallest absolute Gasteiger partial charge is 0.255 e.